The zero-order valence-corrected chi connectivity index (χ0v) is 20.1. The Morgan fingerprint density at radius 3 is 2.27 bits per heavy atom. The van der Waals surface area contributed by atoms with Gasteiger partial charge in [-0.05, 0) is 81.9 Å². The number of hydrogen-bond donors (Lipinski definition) is 2. The number of hydrogen-bond acceptors (Lipinski definition) is 3. The third-order valence-electron chi connectivity index (χ3n) is 5.75. The Labute approximate surface area is 187 Å². The number of thiocarbonyl (C=S) groups is 1. The Kier molecular flexibility index (Phi) is 6.93. The van der Waals surface area contributed by atoms with Gasteiger partial charge in [-0.1, -0.05) is 38.1 Å². The highest BCUT2D eigenvalue weighted by Gasteiger charge is 2.38. The highest BCUT2D eigenvalue weighted by atomic mass is 32.1. The molecule has 2 N–H and O–H groups in total. The molecule has 2 heterocycles. The molecule has 4 nitrogen and oxygen atoms in total. The van der Waals surface area contributed by atoms with Crippen molar-refractivity contribution >= 4 is 17.3 Å². The van der Waals surface area contributed by atoms with Gasteiger partial charge in [0.1, 0.15) is 5.76 Å². The average molecular weight is 428 g/mol. The van der Waals surface area contributed by atoms with Gasteiger partial charge >= 0.3 is 0 Å². The molecule has 5 heteroatoms. The molecule has 0 unspecified atom stereocenters. The number of furan rings is 1. The minimum Gasteiger partial charge on any atom is -0.467 e. The predicted molar refractivity (Wildman–Crippen MR) is 129 cm³/mol. The van der Waals surface area contributed by atoms with E-state index in [0.717, 1.165) is 30.3 Å². The second kappa shape index (κ2) is 9.11. The van der Waals surface area contributed by atoms with Crippen LogP contribution in [0, 0.1) is 0 Å². The summed E-state index contributed by atoms with van der Waals surface area (Å²) >= 11 is 5.90. The first kappa shape index (κ1) is 22.8. The van der Waals surface area contributed by atoms with Gasteiger partial charge in [0.25, 0.3) is 0 Å². The zero-order chi connectivity index (χ0) is 21.9. The molecule has 1 saturated heterocycles. The molecule has 3 rings (SSSR count). The van der Waals surface area contributed by atoms with Crippen molar-refractivity contribution in [1.29, 1.82) is 0 Å². The van der Waals surface area contributed by atoms with E-state index < -0.39 is 0 Å². The summed E-state index contributed by atoms with van der Waals surface area (Å²) in [5.41, 5.74) is 2.76. The monoisotopic (exact) mass is 427 g/mol. The Morgan fingerprint density at radius 2 is 1.73 bits per heavy atom. The molecule has 0 spiro atoms. The lowest BCUT2D eigenvalue weighted by atomic mass is 9.80. The Morgan fingerprint density at radius 1 is 1.10 bits per heavy atom. The van der Waals surface area contributed by atoms with E-state index in [0.29, 0.717) is 18.5 Å². The average Bonchev–Trinajstić information content (AvgIpc) is 3.12. The molecule has 0 atom stereocenters. The fourth-order valence-electron chi connectivity index (χ4n) is 4.71. The third-order valence-corrected chi connectivity index (χ3v) is 6.13. The first-order valence-corrected chi connectivity index (χ1v) is 11.4. The Bertz CT molecular complexity index is 809. The number of nitrogens with one attached hydrogen (secondary N) is 2. The van der Waals surface area contributed by atoms with Crippen molar-refractivity contribution < 1.29 is 4.42 Å². The molecule has 1 fully saturated rings. The van der Waals surface area contributed by atoms with Gasteiger partial charge in [0.15, 0.2) is 5.11 Å². The van der Waals surface area contributed by atoms with E-state index in [1.165, 1.54) is 11.1 Å². The predicted octanol–water partition coefficient (Wildman–Crippen LogP) is 5.59. The molecule has 0 radical (unpaired) electrons. The summed E-state index contributed by atoms with van der Waals surface area (Å²) in [4.78, 5) is 2.21. The summed E-state index contributed by atoms with van der Waals surface area (Å²) in [5.74, 6) is 1.46. The van der Waals surface area contributed by atoms with E-state index >= 15 is 0 Å². The molecule has 0 saturated carbocycles. The van der Waals surface area contributed by atoms with Gasteiger partial charge in [0, 0.05) is 23.7 Å². The maximum absolute atomic E-state index is 5.90. The van der Waals surface area contributed by atoms with E-state index in [4.69, 9.17) is 16.6 Å². The lowest BCUT2D eigenvalue weighted by Crippen LogP contribution is -2.62. The molecule has 1 aromatic carbocycles. The quantitative estimate of drug-likeness (QED) is 0.588. The molecule has 30 heavy (non-hydrogen) atoms. The molecule has 0 aliphatic carbocycles. The number of piperidine rings is 1. The normalized spacial score (nSPS) is 18.4. The number of nitrogens with zero attached hydrogens (tertiary/aromatic N) is 1. The van der Waals surface area contributed by atoms with Crippen LogP contribution in [0.3, 0.4) is 0 Å². The van der Waals surface area contributed by atoms with Crippen molar-refractivity contribution in [3.05, 3.63) is 59.5 Å². The van der Waals surface area contributed by atoms with Crippen LogP contribution < -0.4 is 10.6 Å². The van der Waals surface area contributed by atoms with Gasteiger partial charge < -0.3 is 20.0 Å². The zero-order valence-electron chi connectivity index (χ0n) is 19.3. The second-order valence-corrected chi connectivity index (χ2v) is 10.7. The van der Waals surface area contributed by atoms with Crippen molar-refractivity contribution in [2.24, 2.45) is 0 Å². The second-order valence-electron chi connectivity index (χ2n) is 10.3. The molecule has 1 aliphatic rings. The van der Waals surface area contributed by atoms with Crippen LogP contribution in [0.1, 0.15) is 77.2 Å². The van der Waals surface area contributed by atoms with Crippen LogP contribution in [0.4, 0.5) is 0 Å². The van der Waals surface area contributed by atoms with Crippen molar-refractivity contribution in [2.75, 3.05) is 0 Å². The van der Waals surface area contributed by atoms with Gasteiger partial charge in [-0.25, -0.2) is 0 Å². The first-order chi connectivity index (χ1) is 14.0. The minimum atomic E-state index is 0.0769. The van der Waals surface area contributed by atoms with Gasteiger partial charge in [0.05, 0.1) is 12.8 Å². The number of rotatable bonds is 6. The smallest absolute Gasteiger partial charge is 0.169 e. The van der Waals surface area contributed by atoms with Crippen LogP contribution >= 0.6 is 12.2 Å². The minimum absolute atomic E-state index is 0.0769. The maximum atomic E-state index is 5.90. The highest BCUT2D eigenvalue weighted by Crippen LogP contribution is 2.29. The summed E-state index contributed by atoms with van der Waals surface area (Å²) in [6.07, 6.45) is 3.79. The van der Waals surface area contributed by atoms with Gasteiger partial charge in [-0.3, -0.25) is 0 Å². The fraction of sp³-hybridized carbons (Fsp3) is 0.560. The van der Waals surface area contributed by atoms with E-state index in [9.17, 15) is 0 Å². The van der Waals surface area contributed by atoms with Crippen LogP contribution in [0.25, 0.3) is 0 Å². The van der Waals surface area contributed by atoms with E-state index in [1.54, 1.807) is 6.26 Å². The molecule has 0 bridgehead atoms. The van der Waals surface area contributed by atoms with Crippen molar-refractivity contribution in [3.63, 3.8) is 0 Å². The standard InChI is InChI=1S/C25H37N3OS/c1-18(2)20-11-9-19(10-12-20)16-28(17-22-8-7-13-29-22)23(30)26-21-14-24(3,4)27-25(5,6)15-21/h7-13,18,21,27H,14-17H2,1-6H3,(H,26,30). The van der Waals surface area contributed by atoms with Gasteiger partial charge in [-0.15, -0.1) is 0 Å². The molecular formula is C25H37N3OS. The van der Waals surface area contributed by atoms with Gasteiger partial charge in [-0.2, -0.15) is 0 Å². The lowest BCUT2D eigenvalue weighted by molar-refractivity contribution is 0.153. The third kappa shape index (κ3) is 6.32. The summed E-state index contributed by atoms with van der Waals surface area (Å²) in [7, 11) is 0. The van der Waals surface area contributed by atoms with Crippen LogP contribution in [-0.2, 0) is 13.1 Å². The Balaban J connectivity index is 1.73. The largest absolute Gasteiger partial charge is 0.467 e. The van der Waals surface area contributed by atoms with Crippen molar-refractivity contribution in [3.8, 4) is 0 Å². The summed E-state index contributed by atoms with van der Waals surface area (Å²) in [5, 5.41) is 8.20. The van der Waals surface area contributed by atoms with Crippen molar-refractivity contribution in [1.82, 2.24) is 15.5 Å². The van der Waals surface area contributed by atoms with Crippen molar-refractivity contribution in [2.45, 2.75) is 90.5 Å². The van der Waals surface area contributed by atoms with Crippen LogP contribution in [0.5, 0.6) is 0 Å². The van der Waals surface area contributed by atoms with E-state index in [-0.39, 0.29) is 11.1 Å². The van der Waals surface area contributed by atoms with Crippen LogP contribution in [0.2, 0.25) is 0 Å². The molecule has 2 aromatic rings. The topological polar surface area (TPSA) is 40.4 Å². The molecule has 0 amide bonds. The van der Waals surface area contributed by atoms with E-state index in [1.807, 2.05) is 12.1 Å². The SMILES string of the molecule is CC(C)c1ccc(CN(Cc2ccco2)C(=S)NC2CC(C)(C)NC(C)(C)C2)cc1. The molecule has 1 aromatic heterocycles. The maximum Gasteiger partial charge on any atom is 0.169 e. The van der Waals surface area contributed by atoms with Crippen LogP contribution in [0.15, 0.2) is 47.1 Å². The molecule has 1 aliphatic heterocycles. The highest BCUT2D eigenvalue weighted by molar-refractivity contribution is 7.80. The molecule has 164 valence electrons. The summed E-state index contributed by atoms with van der Waals surface area (Å²) < 4.78 is 5.62. The molecular weight excluding hydrogens is 390 g/mol. The Hall–Kier alpha value is -1.85. The fourth-order valence-corrected chi connectivity index (χ4v) is 5.00. The van der Waals surface area contributed by atoms with Gasteiger partial charge in [0.2, 0.25) is 0 Å². The lowest BCUT2D eigenvalue weighted by Gasteiger charge is -2.47. The van der Waals surface area contributed by atoms with Crippen LogP contribution in [-0.4, -0.2) is 27.1 Å². The number of benzene rings is 1. The summed E-state index contributed by atoms with van der Waals surface area (Å²) in [6, 6.07) is 13.1. The first-order valence-electron chi connectivity index (χ1n) is 11.0. The summed E-state index contributed by atoms with van der Waals surface area (Å²) in [6.45, 7) is 14.9. The van der Waals surface area contributed by atoms with E-state index in [2.05, 4.69) is 81.3 Å².